The molecule has 15 heavy (non-hydrogen) atoms. The predicted molar refractivity (Wildman–Crippen MR) is 58.9 cm³/mol. The van der Waals surface area contributed by atoms with Gasteiger partial charge in [0, 0.05) is 13.1 Å². The first kappa shape index (κ1) is 12.7. The third-order valence-electron chi connectivity index (χ3n) is 2.78. The van der Waals surface area contributed by atoms with E-state index in [2.05, 4.69) is 5.32 Å². The molecule has 2 aliphatic heterocycles. The Kier molecular flexibility index (Phi) is 3.97. The molecular weight excluding hydrogens is 240 g/mol. The number of hydrogen-bond acceptors (Lipinski definition) is 4. The number of hydrogen-bond donors (Lipinski definition) is 1. The van der Waals surface area contributed by atoms with Crippen molar-refractivity contribution in [3.63, 3.8) is 0 Å². The quantitative estimate of drug-likeness (QED) is 0.654. The molecule has 2 fully saturated rings. The molecule has 2 saturated heterocycles. The van der Waals surface area contributed by atoms with Gasteiger partial charge in [0.15, 0.2) is 9.84 Å². The Morgan fingerprint density at radius 1 is 1.27 bits per heavy atom. The predicted octanol–water partition coefficient (Wildman–Crippen LogP) is -0.973. The summed E-state index contributed by atoms with van der Waals surface area (Å²) in [5, 5.41) is 3.02. The van der Waals surface area contributed by atoms with Crippen LogP contribution in [0.3, 0.4) is 0 Å². The molecule has 7 heteroatoms. The number of nitrogens with one attached hydrogen (secondary N) is 1. The Morgan fingerprint density at radius 3 is 2.20 bits per heavy atom. The molecule has 0 bridgehead atoms. The van der Waals surface area contributed by atoms with Crippen molar-refractivity contribution in [1.82, 2.24) is 10.2 Å². The Bertz CT molecular complexity index is 326. The van der Waals surface area contributed by atoms with Crippen LogP contribution in [0.1, 0.15) is 6.42 Å². The Balaban J connectivity index is 0.00000112. The summed E-state index contributed by atoms with van der Waals surface area (Å²) in [6.07, 6.45) is 0.877. The molecule has 88 valence electrons. The zero-order chi connectivity index (χ0) is 10.2. The third-order valence-corrected chi connectivity index (χ3v) is 4.39. The van der Waals surface area contributed by atoms with Crippen molar-refractivity contribution in [2.45, 2.75) is 12.5 Å². The second kappa shape index (κ2) is 4.67. The smallest absolute Gasteiger partial charge is 0.239 e. The van der Waals surface area contributed by atoms with Crippen molar-refractivity contribution < 1.29 is 13.2 Å². The van der Waals surface area contributed by atoms with E-state index in [1.807, 2.05) is 0 Å². The number of nitrogens with zero attached hydrogens (tertiary/aromatic N) is 1. The summed E-state index contributed by atoms with van der Waals surface area (Å²) in [5.41, 5.74) is 0. The van der Waals surface area contributed by atoms with Crippen molar-refractivity contribution in [1.29, 1.82) is 0 Å². The monoisotopic (exact) mass is 254 g/mol. The molecule has 0 spiro atoms. The molecule has 1 amide bonds. The van der Waals surface area contributed by atoms with Gasteiger partial charge in [0.05, 0.1) is 17.5 Å². The number of sulfone groups is 1. The van der Waals surface area contributed by atoms with Crippen LogP contribution in [0.25, 0.3) is 0 Å². The molecule has 0 unspecified atom stereocenters. The lowest BCUT2D eigenvalue weighted by Crippen LogP contribution is -2.57. The maximum Gasteiger partial charge on any atom is 0.239 e. The van der Waals surface area contributed by atoms with Crippen LogP contribution in [0.15, 0.2) is 0 Å². The van der Waals surface area contributed by atoms with E-state index in [4.69, 9.17) is 0 Å². The highest BCUT2D eigenvalue weighted by atomic mass is 35.5. The maximum absolute atomic E-state index is 11.7. The minimum atomic E-state index is -2.88. The van der Waals surface area contributed by atoms with Gasteiger partial charge in [-0.3, -0.25) is 4.79 Å². The average molecular weight is 255 g/mol. The zero-order valence-corrected chi connectivity index (χ0v) is 9.94. The van der Waals surface area contributed by atoms with Crippen molar-refractivity contribution >= 4 is 28.2 Å². The Labute approximate surface area is 95.5 Å². The summed E-state index contributed by atoms with van der Waals surface area (Å²) in [6.45, 7) is 1.61. The first-order valence-electron chi connectivity index (χ1n) is 4.81. The zero-order valence-electron chi connectivity index (χ0n) is 8.31. The summed E-state index contributed by atoms with van der Waals surface area (Å²) in [4.78, 5) is 13.3. The number of amides is 1. The molecule has 2 aliphatic rings. The first-order chi connectivity index (χ1) is 6.58. The minimum absolute atomic E-state index is 0. The Hall–Kier alpha value is -0.330. The number of carbonyl (C=O) groups excluding carboxylic acids is 1. The van der Waals surface area contributed by atoms with Crippen molar-refractivity contribution in [3.8, 4) is 0 Å². The molecule has 0 aromatic heterocycles. The molecule has 0 radical (unpaired) electrons. The lowest BCUT2D eigenvalue weighted by molar-refractivity contribution is -0.134. The van der Waals surface area contributed by atoms with Crippen LogP contribution in [-0.4, -0.2) is 56.4 Å². The van der Waals surface area contributed by atoms with E-state index >= 15 is 0 Å². The molecule has 0 saturated carbocycles. The highest BCUT2D eigenvalue weighted by Gasteiger charge is 2.32. The molecule has 1 N–H and O–H groups in total. The molecule has 1 atom stereocenters. The molecule has 2 rings (SSSR count). The lowest BCUT2D eigenvalue weighted by atomic mass is 10.1. The van der Waals surface area contributed by atoms with Crippen LogP contribution >= 0.6 is 12.4 Å². The van der Waals surface area contributed by atoms with Crippen molar-refractivity contribution in [2.24, 2.45) is 0 Å². The first-order valence-corrected chi connectivity index (χ1v) is 6.63. The summed E-state index contributed by atoms with van der Waals surface area (Å²) in [5.74, 6) is 0.294. The van der Waals surface area contributed by atoms with E-state index in [0.29, 0.717) is 13.1 Å². The molecule has 0 aromatic carbocycles. The van der Waals surface area contributed by atoms with E-state index in [0.717, 1.165) is 13.0 Å². The van der Waals surface area contributed by atoms with Crippen molar-refractivity contribution in [3.05, 3.63) is 0 Å². The van der Waals surface area contributed by atoms with Crippen LogP contribution in [0.5, 0.6) is 0 Å². The summed E-state index contributed by atoms with van der Waals surface area (Å²) in [6, 6.07) is -0.0594. The van der Waals surface area contributed by atoms with Gasteiger partial charge in [-0.1, -0.05) is 0 Å². The highest BCUT2D eigenvalue weighted by molar-refractivity contribution is 7.91. The van der Waals surface area contributed by atoms with Gasteiger partial charge >= 0.3 is 0 Å². The van der Waals surface area contributed by atoms with E-state index in [1.54, 1.807) is 4.90 Å². The summed E-state index contributed by atoms with van der Waals surface area (Å²) < 4.78 is 22.2. The van der Waals surface area contributed by atoms with E-state index in [1.165, 1.54) is 0 Å². The van der Waals surface area contributed by atoms with Crippen molar-refractivity contribution in [2.75, 3.05) is 31.1 Å². The van der Waals surface area contributed by atoms with Gasteiger partial charge < -0.3 is 10.2 Å². The second-order valence-electron chi connectivity index (χ2n) is 3.77. The lowest BCUT2D eigenvalue weighted by Gasteiger charge is -2.34. The normalized spacial score (nSPS) is 28.8. The second-order valence-corrected chi connectivity index (χ2v) is 6.08. The van der Waals surface area contributed by atoms with Crippen LogP contribution in [0, 0.1) is 0 Å². The van der Waals surface area contributed by atoms with E-state index in [-0.39, 0.29) is 35.9 Å². The van der Waals surface area contributed by atoms with E-state index in [9.17, 15) is 13.2 Å². The van der Waals surface area contributed by atoms with Gasteiger partial charge in [0.2, 0.25) is 5.91 Å². The molecule has 5 nitrogen and oxygen atoms in total. The molecule has 0 aliphatic carbocycles. The van der Waals surface area contributed by atoms with Crippen LogP contribution in [0.2, 0.25) is 0 Å². The standard InChI is InChI=1S/C8H14N2O3S.ClH/c11-8(7-1-2-9-7)10-3-5-14(12,13)6-4-10;/h7,9H,1-6H2;1H/t7-;/m1./s1. The Morgan fingerprint density at radius 2 is 1.80 bits per heavy atom. The van der Waals surface area contributed by atoms with Gasteiger partial charge in [-0.2, -0.15) is 0 Å². The number of halogens is 1. The van der Waals surface area contributed by atoms with Crippen LogP contribution in [-0.2, 0) is 14.6 Å². The van der Waals surface area contributed by atoms with Gasteiger partial charge in [0.25, 0.3) is 0 Å². The summed E-state index contributed by atoms with van der Waals surface area (Å²) in [7, 11) is -2.88. The molecular formula is C8H15ClN2O3S. The average Bonchev–Trinajstić information content (AvgIpc) is 2.00. The SMILES string of the molecule is Cl.O=C([C@H]1CCN1)N1CCS(=O)(=O)CC1. The van der Waals surface area contributed by atoms with Gasteiger partial charge in [-0.15, -0.1) is 12.4 Å². The fourth-order valence-corrected chi connectivity index (χ4v) is 2.85. The van der Waals surface area contributed by atoms with E-state index < -0.39 is 9.84 Å². The van der Waals surface area contributed by atoms with Gasteiger partial charge in [0.1, 0.15) is 0 Å². The number of rotatable bonds is 1. The van der Waals surface area contributed by atoms with Crippen LogP contribution in [0.4, 0.5) is 0 Å². The third kappa shape index (κ3) is 2.83. The van der Waals surface area contributed by atoms with Gasteiger partial charge in [-0.05, 0) is 13.0 Å². The fourth-order valence-electron chi connectivity index (χ4n) is 1.65. The topological polar surface area (TPSA) is 66.5 Å². The number of carbonyl (C=O) groups is 1. The minimum Gasteiger partial charge on any atom is -0.339 e. The van der Waals surface area contributed by atoms with Crippen LogP contribution < -0.4 is 5.32 Å². The maximum atomic E-state index is 11.7. The molecule has 2 heterocycles. The largest absolute Gasteiger partial charge is 0.339 e. The fraction of sp³-hybridized carbons (Fsp3) is 0.875. The summed E-state index contributed by atoms with van der Waals surface area (Å²) >= 11 is 0. The highest BCUT2D eigenvalue weighted by Crippen LogP contribution is 2.10. The van der Waals surface area contributed by atoms with Gasteiger partial charge in [-0.25, -0.2) is 8.42 Å². The molecule has 0 aromatic rings.